The number of ether oxygens (including phenoxy) is 2. The first-order valence-electron chi connectivity index (χ1n) is 7.06. The molecule has 1 heterocycles. The van der Waals surface area contributed by atoms with Gasteiger partial charge in [-0.2, -0.15) is 0 Å². The molecule has 1 N–H and O–H groups in total. The van der Waals surface area contributed by atoms with Gasteiger partial charge in [-0.15, -0.1) is 12.4 Å². The van der Waals surface area contributed by atoms with Crippen LogP contribution >= 0.6 is 24.0 Å². The van der Waals surface area contributed by atoms with Crippen molar-refractivity contribution in [1.82, 2.24) is 10.2 Å². The molecule has 1 fully saturated rings. The number of hydrogen-bond acceptors (Lipinski definition) is 4. The maximum atomic E-state index is 12.2. The lowest BCUT2D eigenvalue weighted by molar-refractivity contribution is -0.138. The zero-order chi connectivity index (χ0) is 15.1. The summed E-state index contributed by atoms with van der Waals surface area (Å²) < 4.78 is 10.7. The van der Waals surface area contributed by atoms with Crippen LogP contribution in [0.3, 0.4) is 0 Å². The number of nitrogens with one attached hydrogen (secondary N) is 1. The lowest BCUT2D eigenvalue weighted by Crippen LogP contribution is -2.46. The van der Waals surface area contributed by atoms with Gasteiger partial charge in [-0.3, -0.25) is 4.79 Å². The molecule has 0 radical (unpaired) electrons. The SMILES string of the molecule is COCCNCC(=O)N1CCOC(c2ccccc2Cl)C1.Cl. The highest BCUT2D eigenvalue weighted by Crippen LogP contribution is 2.28. The largest absolute Gasteiger partial charge is 0.383 e. The number of methoxy groups -OCH3 is 1. The Morgan fingerprint density at radius 1 is 1.50 bits per heavy atom. The molecule has 2 rings (SSSR count). The van der Waals surface area contributed by atoms with Gasteiger partial charge in [0.1, 0.15) is 6.10 Å². The minimum absolute atomic E-state index is 0. The van der Waals surface area contributed by atoms with Crippen molar-refractivity contribution in [3.8, 4) is 0 Å². The van der Waals surface area contributed by atoms with E-state index < -0.39 is 0 Å². The molecular formula is C15H22Cl2N2O3. The molecule has 5 nitrogen and oxygen atoms in total. The number of carbonyl (C=O) groups excluding carboxylic acids is 1. The van der Waals surface area contributed by atoms with Crippen LogP contribution in [0.1, 0.15) is 11.7 Å². The van der Waals surface area contributed by atoms with Crippen molar-refractivity contribution in [2.75, 3.05) is 46.5 Å². The van der Waals surface area contributed by atoms with Crippen LogP contribution in [-0.4, -0.2) is 57.3 Å². The topological polar surface area (TPSA) is 50.8 Å². The molecule has 0 spiro atoms. The number of amides is 1. The quantitative estimate of drug-likeness (QED) is 0.797. The van der Waals surface area contributed by atoms with Crippen LogP contribution in [0.2, 0.25) is 5.02 Å². The number of hydrogen-bond donors (Lipinski definition) is 1. The number of nitrogens with zero attached hydrogens (tertiary/aromatic N) is 1. The molecule has 1 unspecified atom stereocenters. The van der Waals surface area contributed by atoms with Gasteiger partial charge >= 0.3 is 0 Å². The summed E-state index contributed by atoms with van der Waals surface area (Å²) >= 11 is 6.19. The van der Waals surface area contributed by atoms with E-state index in [0.29, 0.717) is 44.4 Å². The molecular weight excluding hydrogens is 327 g/mol. The number of benzene rings is 1. The van der Waals surface area contributed by atoms with Gasteiger partial charge in [-0.25, -0.2) is 0 Å². The van der Waals surface area contributed by atoms with Gasteiger partial charge in [0.05, 0.1) is 26.3 Å². The van der Waals surface area contributed by atoms with E-state index in [9.17, 15) is 4.79 Å². The van der Waals surface area contributed by atoms with E-state index in [-0.39, 0.29) is 24.4 Å². The van der Waals surface area contributed by atoms with Crippen LogP contribution in [0.4, 0.5) is 0 Å². The molecule has 0 bridgehead atoms. The second-order valence-electron chi connectivity index (χ2n) is 4.89. The average Bonchev–Trinajstić information content (AvgIpc) is 2.52. The Hall–Kier alpha value is -0.850. The highest BCUT2D eigenvalue weighted by molar-refractivity contribution is 6.31. The standard InChI is InChI=1S/C15H21ClN2O3.ClH/c1-20-8-6-17-10-15(19)18-7-9-21-14(11-18)12-4-2-3-5-13(12)16;/h2-5,14,17H,6-11H2,1H3;1H. The molecule has 1 saturated heterocycles. The number of rotatable bonds is 6. The molecule has 7 heteroatoms. The van der Waals surface area contributed by atoms with Gasteiger partial charge < -0.3 is 19.7 Å². The summed E-state index contributed by atoms with van der Waals surface area (Å²) in [4.78, 5) is 14.0. The van der Waals surface area contributed by atoms with Gasteiger partial charge in [0.15, 0.2) is 0 Å². The van der Waals surface area contributed by atoms with Gasteiger partial charge in [0.25, 0.3) is 0 Å². The first-order valence-corrected chi connectivity index (χ1v) is 7.43. The summed E-state index contributed by atoms with van der Waals surface area (Å²) in [5, 5.41) is 3.74. The Balaban J connectivity index is 0.00000242. The highest BCUT2D eigenvalue weighted by atomic mass is 35.5. The van der Waals surface area contributed by atoms with E-state index in [4.69, 9.17) is 21.1 Å². The fraction of sp³-hybridized carbons (Fsp3) is 0.533. The molecule has 124 valence electrons. The highest BCUT2D eigenvalue weighted by Gasteiger charge is 2.26. The van der Waals surface area contributed by atoms with Gasteiger partial charge in [-0.05, 0) is 6.07 Å². The van der Waals surface area contributed by atoms with E-state index in [1.54, 1.807) is 7.11 Å². The van der Waals surface area contributed by atoms with Crippen molar-refractivity contribution in [3.05, 3.63) is 34.9 Å². The van der Waals surface area contributed by atoms with Crippen LogP contribution in [0, 0.1) is 0 Å². The summed E-state index contributed by atoms with van der Waals surface area (Å²) in [6.07, 6.45) is -0.157. The number of halogens is 2. The third kappa shape index (κ3) is 5.41. The summed E-state index contributed by atoms with van der Waals surface area (Å²) in [7, 11) is 1.64. The number of carbonyl (C=O) groups is 1. The van der Waals surface area contributed by atoms with Crippen LogP contribution < -0.4 is 5.32 Å². The van der Waals surface area contributed by atoms with Crippen molar-refractivity contribution in [2.24, 2.45) is 0 Å². The molecule has 0 aliphatic carbocycles. The maximum absolute atomic E-state index is 12.2. The zero-order valence-electron chi connectivity index (χ0n) is 12.6. The van der Waals surface area contributed by atoms with Gasteiger partial charge in [0, 0.05) is 30.8 Å². The zero-order valence-corrected chi connectivity index (χ0v) is 14.2. The second kappa shape index (κ2) is 10.0. The molecule has 1 aliphatic rings. The predicted octanol–water partition coefficient (Wildman–Crippen LogP) is 1.90. The molecule has 1 aliphatic heterocycles. The van der Waals surface area contributed by atoms with Crippen LogP contribution in [0.25, 0.3) is 0 Å². The van der Waals surface area contributed by atoms with Crippen molar-refractivity contribution >= 4 is 29.9 Å². The van der Waals surface area contributed by atoms with Crippen LogP contribution in [0.5, 0.6) is 0 Å². The molecule has 1 aromatic carbocycles. The molecule has 22 heavy (non-hydrogen) atoms. The van der Waals surface area contributed by atoms with Gasteiger partial charge in [-0.1, -0.05) is 29.8 Å². The predicted molar refractivity (Wildman–Crippen MR) is 88.7 cm³/mol. The lowest BCUT2D eigenvalue weighted by Gasteiger charge is -2.33. The minimum Gasteiger partial charge on any atom is -0.383 e. The lowest BCUT2D eigenvalue weighted by atomic mass is 10.1. The van der Waals surface area contributed by atoms with Crippen molar-refractivity contribution in [2.45, 2.75) is 6.10 Å². The second-order valence-corrected chi connectivity index (χ2v) is 5.30. The Labute approximate surface area is 142 Å². The Bertz CT molecular complexity index is 474. The van der Waals surface area contributed by atoms with E-state index in [0.717, 1.165) is 5.56 Å². The van der Waals surface area contributed by atoms with E-state index >= 15 is 0 Å². The molecule has 1 atom stereocenters. The summed E-state index contributed by atoms with van der Waals surface area (Å²) in [5.41, 5.74) is 0.934. The first-order chi connectivity index (χ1) is 10.2. The van der Waals surface area contributed by atoms with Crippen molar-refractivity contribution in [1.29, 1.82) is 0 Å². The Morgan fingerprint density at radius 3 is 3.00 bits per heavy atom. The molecule has 0 saturated carbocycles. The van der Waals surface area contributed by atoms with E-state index in [2.05, 4.69) is 5.32 Å². The minimum atomic E-state index is -0.157. The van der Waals surface area contributed by atoms with Crippen molar-refractivity contribution in [3.63, 3.8) is 0 Å². The van der Waals surface area contributed by atoms with Crippen LogP contribution in [0.15, 0.2) is 24.3 Å². The molecule has 1 amide bonds. The fourth-order valence-corrected chi connectivity index (χ4v) is 2.54. The fourth-order valence-electron chi connectivity index (χ4n) is 2.28. The first kappa shape index (κ1) is 19.2. The molecule has 1 aromatic rings. The molecule has 0 aromatic heterocycles. The summed E-state index contributed by atoms with van der Waals surface area (Å²) in [5.74, 6) is 0.0754. The third-order valence-corrected chi connectivity index (χ3v) is 3.77. The smallest absolute Gasteiger partial charge is 0.236 e. The number of morpholine rings is 1. The van der Waals surface area contributed by atoms with Gasteiger partial charge in [0.2, 0.25) is 5.91 Å². The third-order valence-electron chi connectivity index (χ3n) is 3.43. The van der Waals surface area contributed by atoms with Crippen molar-refractivity contribution < 1.29 is 14.3 Å². The summed E-state index contributed by atoms with van der Waals surface area (Å²) in [6, 6.07) is 7.60. The van der Waals surface area contributed by atoms with E-state index in [1.807, 2.05) is 29.2 Å². The normalized spacial score (nSPS) is 17.9. The monoisotopic (exact) mass is 348 g/mol. The van der Waals surface area contributed by atoms with Crippen LogP contribution in [-0.2, 0) is 14.3 Å². The average molecular weight is 349 g/mol. The Kier molecular flexibility index (Phi) is 8.75. The maximum Gasteiger partial charge on any atom is 0.236 e. The Morgan fingerprint density at radius 2 is 2.27 bits per heavy atom. The van der Waals surface area contributed by atoms with E-state index in [1.165, 1.54) is 0 Å². The summed E-state index contributed by atoms with van der Waals surface area (Å²) in [6.45, 7) is 3.26.